The predicted molar refractivity (Wildman–Crippen MR) is 59.1 cm³/mol. The van der Waals surface area contributed by atoms with Gasteiger partial charge in [-0.1, -0.05) is 30.3 Å². The molecule has 1 heterocycles. The third-order valence-corrected chi connectivity index (χ3v) is 2.51. The minimum absolute atomic E-state index is 0.00931. The molecule has 2 aromatic rings. The fourth-order valence-corrected chi connectivity index (χ4v) is 1.71. The van der Waals surface area contributed by atoms with Gasteiger partial charge in [-0.15, -0.1) is 0 Å². The fourth-order valence-electron chi connectivity index (χ4n) is 1.71. The molecule has 0 amide bonds. The maximum Gasteiger partial charge on any atom is 0.105 e. The molecule has 0 spiro atoms. The zero-order valence-electron chi connectivity index (χ0n) is 8.60. The lowest BCUT2D eigenvalue weighted by atomic mass is 10.0. The molecule has 3 heteroatoms. The van der Waals surface area contributed by atoms with Crippen LogP contribution in [0.5, 0.6) is 0 Å². The Morgan fingerprint density at radius 3 is 2.47 bits per heavy atom. The Kier molecular flexibility index (Phi) is 2.85. The maximum atomic E-state index is 5.57. The van der Waals surface area contributed by atoms with Crippen LogP contribution in [0.25, 0.3) is 0 Å². The fraction of sp³-hybridized carbons (Fsp3) is 0.167. The molecule has 15 heavy (non-hydrogen) atoms. The van der Waals surface area contributed by atoms with E-state index >= 15 is 0 Å². The standard InChI is InChI=1S/C12H14N2O/c1-9-11(7-8-15-9)12(14-13)10-5-3-2-4-6-10/h2-8,12,14H,13H2,1H3. The second-order valence-corrected chi connectivity index (χ2v) is 3.44. The summed E-state index contributed by atoms with van der Waals surface area (Å²) in [6.45, 7) is 1.93. The van der Waals surface area contributed by atoms with Gasteiger partial charge in [-0.3, -0.25) is 5.84 Å². The number of benzene rings is 1. The quantitative estimate of drug-likeness (QED) is 0.592. The van der Waals surface area contributed by atoms with Crippen LogP contribution in [0.3, 0.4) is 0 Å². The molecule has 0 bridgehead atoms. The molecule has 3 N–H and O–H groups in total. The van der Waals surface area contributed by atoms with Gasteiger partial charge in [0.25, 0.3) is 0 Å². The summed E-state index contributed by atoms with van der Waals surface area (Å²) in [6.07, 6.45) is 1.68. The Hall–Kier alpha value is -1.58. The summed E-state index contributed by atoms with van der Waals surface area (Å²) in [7, 11) is 0. The lowest BCUT2D eigenvalue weighted by Crippen LogP contribution is -2.28. The number of nitrogens with two attached hydrogens (primary N) is 1. The average Bonchev–Trinajstić information content (AvgIpc) is 2.68. The molecule has 78 valence electrons. The lowest BCUT2D eigenvalue weighted by Gasteiger charge is -2.15. The SMILES string of the molecule is Cc1occc1C(NN)c1ccccc1. The van der Waals surface area contributed by atoms with Crippen LogP contribution in [0.2, 0.25) is 0 Å². The largest absolute Gasteiger partial charge is 0.469 e. The molecule has 2 rings (SSSR count). The van der Waals surface area contributed by atoms with Gasteiger partial charge in [-0.25, -0.2) is 5.43 Å². The van der Waals surface area contributed by atoms with Crippen LogP contribution in [0.4, 0.5) is 0 Å². The first-order chi connectivity index (χ1) is 7.33. The highest BCUT2D eigenvalue weighted by Gasteiger charge is 2.15. The van der Waals surface area contributed by atoms with Crippen molar-refractivity contribution >= 4 is 0 Å². The van der Waals surface area contributed by atoms with E-state index in [1.54, 1.807) is 6.26 Å². The molecular formula is C12H14N2O. The number of nitrogens with one attached hydrogen (secondary N) is 1. The van der Waals surface area contributed by atoms with Gasteiger partial charge in [-0.2, -0.15) is 0 Å². The molecule has 1 aromatic heterocycles. The summed E-state index contributed by atoms with van der Waals surface area (Å²) in [5.41, 5.74) is 5.00. The second-order valence-electron chi connectivity index (χ2n) is 3.44. The Morgan fingerprint density at radius 2 is 1.93 bits per heavy atom. The number of hydrazine groups is 1. The van der Waals surface area contributed by atoms with Gasteiger partial charge in [0.2, 0.25) is 0 Å². The van der Waals surface area contributed by atoms with Crippen LogP contribution >= 0.6 is 0 Å². The van der Waals surface area contributed by atoms with E-state index in [0.717, 1.165) is 16.9 Å². The molecule has 0 saturated heterocycles. The van der Waals surface area contributed by atoms with Gasteiger partial charge in [0, 0.05) is 5.56 Å². The summed E-state index contributed by atoms with van der Waals surface area (Å²) < 4.78 is 5.27. The number of aryl methyl sites for hydroxylation is 1. The Morgan fingerprint density at radius 1 is 1.20 bits per heavy atom. The molecule has 0 aliphatic heterocycles. The van der Waals surface area contributed by atoms with Crippen molar-refractivity contribution in [2.45, 2.75) is 13.0 Å². The topological polar surface area (TPSA) is 51.2 Å². The summed E-state index contributed by atoms with van der Waals surface area (Å²) in [6, 6.07) is 12.0. The normalized spacial score (nSPS) is 12.7. The van der Waals surface area contributed by atoms with E-state index in [0.29, 0.717) is 0 Å². The maximum absolute atomic E-state index is 5.57. The minimum atomic E-state index is -0.00931. The van der Waals surface area contributed by atoms with Crippen LogP contribution in [-0.4, -0.2) is 0 Å². The van der Waals surface area contributed by atoms with Crippen molar-refractivity contribution in [3.8, 4) is 0 Å². The highest BCUT2D eigenvalue weighted by Crippen LogP contribution is 2.24. The Bertz CT molecular complexity index is 422. The Balaban J connectivity index is 2.37. The Labute approximate surface area is 88.9 Å². The zero-order chi connectivity index (χ0) is 10.7. The van der Waals surface area contributed by atoms with E-state index in [9.17, 15) is 0 Å². The van der Waals surface area contributed by atoms with E-state index in [1.165, 1.54) is 0 Å². The van der Waals surface area contributed by atoms with Crippen molar-refractivity contribution in [3.05, 3.63) is 59.5 Å². The number of hydrogen-bond donors (Lipinski definition) is 2. The summed E-state index contributed by atoms with van der Waals surface area (Å²) >= 11 is 0. The number of rotatable bonds is 3. The third kappa shape index (κ3) is 1.93. The van der Waals surface area contributed by atoms with Gasteiger partial charge >= 0.3 is 0 Å². The molecule has 3 nitrogen and oxygen atoms in total. The van der Waals surface area contributed by atoms with Crippen molar-refractivity contribution in [2.24, 2.45) is 5.84 Å². The first kappa shape index (κ1) is 9.96. The number of furan rings is 1. The van der Waals surface area contributed by atoms with Gasteiger partial charge in [0.15, 0.2) is 0 Å². The molecule has 0 aliphatic rings. The summed E-state index contributed by atoms with van der Waals surface area (Å²) in [5, 5.41) is 0. The van der Waals surface area contributed by atoms with Gasteiger partial charge in [0.05, 0.1) is 12.3 Å². The smallest absolute Gasteiger partial charge is 0.105 e. The van der Waals surface area contributed by atoms with Crippen molar-refractivity contribution in [2.75, 3.05) is 0 Å². The molecule has 0 fully saturated rings. The molecule has 0 saturated carbocycles. The van der Waals surface area contributed by atoms with Crippen molar-refractivity contribution in [1.29, 1.82) is 0 Å². The van der Waals surface area contributed by atoms with Crippen LogP contribution in [0.1, 0.15) is 22.9 Å². The second kappa shape index (κ2) is 4.29. The van der Waals surface area contributed by atoms with Crippen molar-refractivity contribution < 1.29 is 4.42 Å². The molecule has 1 aromatic carbocycles. The van der Waals surface area contributed by atoms with Crippen molar-refractivity contribution in [1.82, 2.24) is 5.43 Å². The molecular weight excluding hydrogens is 188 g/mol. The molecule has 0 radical (unpaired) electrons. The van der Waals surface area contributed by atoms with Gasteiger partial charge < -0.3 is 4.42 Å². The highest BCUT2D eigenvalue weighted by atomic mass is 16.3. The van der Waals surface area contributed by atoms with Crippen LogP contribution in [-0.2, 0) is 0 Å². The molecule has 0 aliphatic carbocycles. The van der Waals surface area contributed by atoms with E-state index in [4.69, 9.17) is 10.3 Å². The zero-order valence-corrected chi connectivity index (χ0v) is 8.60. The average molecular weight is 202 g/mol. The van der Waals surface area contributed by atoms with E-state index in [-0.39, 0.29) is 6.04 Å². The van der Waals surface area contributed by atoms with Crippen molar-refractivity contribution in [3.63, 3.8) is 0 Å². The highest BCUT2D eigenvalue weighted by molar-refractivity contribution is 5.32. The van der Waals surface area contributed by atoms with Gasteiger partial charge in [-0.05, 0) is 18.6 Å². The van der Waals surface area contributed by atoms with Crippen LogP contribution in [0.15, 0.2) is 47.1 Å². The van der Waals surface area contributed by atoms with Crippen LogP contribution in [0, 0.1) is 6.92 Å². The first-order valence-electron chi connectivity index (χ1n) is 4.88. The first-order valence-corrected chi connectivity index (χ1v) is 4.88. The monoisotopic (exact) mass is 202 g/mol. The summed E-state index contributed by atoms with van der Waals surface area (Å²) in [4.78, 5) is 0. The lowest BCUT2D eigenvalue weighted by molar-refractivity contribution is 0.520. The molecule has 1 atom stereocenters. The van der Waals surface area contributed by atoms with E-state index in [2.05, 4.69) is 5.43 Å². The minimum Gasteiger partial charge on any atom is -0.469 e. The van der Waals surface area contributed by atoms with E-state index in [1.807, 2.05) is 43.3 Å². The molecule has 1 unspecified atom stereocenters. The summed E-state index contributed by atoms with van der Waals surface area (Å²) in [5.74, 6) is 6.46. The van der Waals surface area contributed by atoms with Crippen LogP contribution < -0.4 is 11.3 Å². The van der Waals surface area contributed by atoms with E-state index < -0.39 is 0 Å². The third-order valence-electron chi connectivity index (χ3n) is 2.51. The predicted octanol–water partition coefficient (Wildman–Crippen LogP) is 2.14. The van der Waals surface area contributed by atoms with Gasteiger partial charge in [0.1, 0.15) is 5.76 Å². The number of hydrogen-bond acceptors (Lipinski definition) is 3.